The molecule has 0 heterocycles. The van der Waals surface area contributed by atoms with Gasteiger partial charge in [-0.1, -0.05) is 66.2 Å². The Bertz CT molecular complexity index is 939. The van der Waals surface area contributed by atoms with Gasteiger partial charge in [-0.05, 0) is 42.8 Å². The summed E-state index contributed by atoms with van der Waals surface area (Å²) in [4.78, 5) is 24.3. The van der Waals surface area contributed by atoms with Crippen LogP contribution in [0.4, 0.5) is 0 Å². The third kappa shape index (κ3) is 4.54. The average Bonchev–Trinajstić information content (AvgIpc) is 2.67. The lowest BCUT2D eigenvalue weighted by Crippen LogP contribution is -2.08. The number of rotatable bonds is 5. The van der Waals surface area contributed by atoms with E-state index in [1.165, 1.54) is 6.08 Å². The van der Waals surface area contributed by atoms with Crippen LogP contribution in [0.15, 0.2) is 84.9 Å². The molecule has 0 bridgehead atoms. The summed E-state index contributed by atoms with van der Waals surface area (Å²) in [6.45, 7) is 1.98. The van der Waals surface area contributed by atoms with E-state index in [1.807, 2.05) is 31.2 Å². The topological polar surface area (TPSA) is 43.4 Å². The van der Waals surface area contributed by atoms with Gasteiger partial charge in [0.15, 0.2) is 5.78 Å². The second-order valence-electron chi connectivity index (χ2n) is 5.89. The van der Waals surface area contributed by atoms with Gasteiger partial charge in [0.25, 0.3) is 0 Å². The van der Waals surface area contributed by atoms with Crippen molar-refractivity contribution in [2.75, 3.05) is 0 Å². The van der Waals surface area contributed by atoms with Crippen LogP contribution in [0.2, 0.25) is 0 Å². The second kappa shape index (κ2) is 8.08. The number of benzene rings is 3. The maximum absolute atomic E-state index is 12.2. The molecule has 0 aromatic heterocycles. The van der Waals surface area contributed by atoms with Crippen molar-refractivity contribution in [3.8, 4) is 5.75 Å². The fraction of sp³-hybridized carbons (Fsp3) is 0.0435. The van der Waals surface area contributed by atoms with Crippen LogP contribution >= 0.6 is 0 Å². The first-order valence-electron chi connectivity index (χ1n) is 8.28. The molecule has 3 nitrogen and oxygen atoms in total. The summed E-state index contributed by atoms with van der Waals surface area (Å²) in [6, 6.07) is 23.3. The molecule has 26 heavy (non-hydrogen) atoms. The summed E-state index contributed by atoms with van der Waals surface area (Å²) < 4.78 is 5.39. The molecule has 0 aliphatic heterocycles. The van der Waals surface area contributed by atoms with Gasteiger partial charge in [-0.3, -0.25) is 4.79 Å². The van der Waals surface area contributed by atoms with Gasteiger partial charge in [0.2, 0.25) is 0 Å². The van der Waals surface area contributed by atoms with Gasteiger partial charge in [-0.25, -0.2) is 4.79 Å². The zero-order valence-corrected chi connectivity index (χ0v) is 14.4. The Morgan fingerprint density at radius 3 is 2.27 bits per heavy atom. The molecule has 3 rings (SSSR count). The summed E-state index contributed by atoms with van der Waals surface area (Å²) in [5.41, 5.74) is 3.02. The Kier molecular flexibility index (Phi) is 5.40. The first kappa shape index (κ1) is 17.4. The number of carbonyl (C=O) groups excluding carboxylic acids is 2. The second-order valence-corrected chi connectivity index (χ2v) is 5.89. The van der Waals surface area contributed by atoms with Crippen molar-refractivity contribution in [3.05, 3.63) is 107 Å². The third-order valence-corrected chi connectivity index (χ3v) is 3.84. The molecular weight excluding hydrogens is 324 g/mol. The molecule has 0 unspecified atom stereocenters. The lowest BCUT2D eigenvalue weighted by molar-refractivity contribution is 0.0734. The van der Waals surface area contributed by atoms with E-state index in [0.29, 0.717) is 16.9 Å². The number of hydrogen-bond acceptors (Lipinski definition) is 3. The van der Waals surface area contributed by atoms with Gasteiger partial charge in [0.1, 0.15) is 5.75 Å². The summed E-state index contributed by atoms with van der Waals surface area (Å²) in [7, 11) is 0. The standard InChI is InChI=1S/C23H18O3/c1-17-10-13-19(14-11-17)22(24)15-12-18-6-5-9-21(16-18)26-23(25)20-7-3-2-4-8-20/h2-16H,1H3/b15-12+. The van der Waals surface area contributed by atoms with Crippen molar-refractivity contribution in [1.29, 1.82) is 0 Å². The fourth-order valence-electron chi connectivity index (χ4n) is 2.41. The van der Waals surface area contributed by atoms with E-state index in [0.717, 1.165) is 11.1 Å². The first-order valence-corrected chi connectivity index (χ1v) is 8.28. The smallest absolute Gasteiger partial charge is 0.343 e. The molecule has 0 amide bonds. The lowest BCUT2D eigenvalue weighted by Gasteiger charge is -2.05. The highest BCUT2D eigenvalue weighted by molar-refractivity contribution is 6.06. The number of allylic oxidation sites excluding steroid dienone is 1. The van der Waals surface area contributed by atoms with Crippen LogP contribution in [-0.2, 0) is 0 Å². The highest BCUT2D eigenvalue weighted by atomic mass is 16.5. The van der Waals surface area contributed by atoms with Crippen LogP contribution < -0.4 is 4.74 Å². The van der Waals surface area contributed by atoms with Crippen LogP contribution in [0.5, 0.6) is 5.75 Å². The highest BCUT2D eigenvalue weighted by Gasteiger charge is 2.07. The van der Waals surface area contributed by atoms with E-state index in [1.54, 1.807) is 60.7 Å². The van der Waals surface area contributed by atoms with Gasteiger partial charge < -0.3 is 4.74 Å². The molecular formula is C23H18O3. The molecule has 0 spiro atoms. The van der Waals surface area contributed by atoms with Crippen LogP contribution in [-0.4, -0.2) is 11.8 Å². The van der Waals surface area contributed by atoms with Crippen LogP contribution in [0, 0.1) is 6.92 Å². The van der Waals surface area contributed by atoms with Gasteiger partial charge in [0, 0.05) is 5.56 Å². The number of esters is 1. The van der Waals surface area contributed by atoms with Crippen molar-refractivity contribution in [3.63, 3.8) is 0 Å². The molecule has 0 atom stereocenters. The van der Waals surface area contributed by atoms with Crippen molar-refractivity contribution in [2.45, 2.75) is 6.92 Å². The van der Waals surface area contributed by atoms with Crippen molar-refractivity contribution in [1.82, 2.24) is 0 Å². The quantitative estimate of drug-likeness (QED) is 0.280. The highest BCUT2D eigenvalue weighted by Crippen LogP contribution is 2.17. The Hall–Kier alpha value is -3.46. The fourth-order valence-corrected chi connectivity index (χ4v) is 2.41. The van der Waals surface area contributed by atoms with Crippen LogP contribution in [0.3, 0.4) is 0 Å². The molecule has 0 saturated heterocycles. The SMILES string of the molecule is Cc1ccc(C(=O)/C=C/c2cccc(OC(=O)c3ccccc3)c2)cc1. The zero-order chi connectivity index (χ0) is 18.4. The van der Waals surface area contributed by atoms with Gasteiger partial charge in [-0.2, -0.15) is 0 Å². The molecule has 0 radical (unpaired) electrons. The molecule has 0 N–H and O–H groups in total. The number of ketones is 1. The Morgan fingerprint density at radius 2 is 1.54 bits per heavy atom. The number of aryl methyl sites for hydroxylation is 1. The van der Waals surface area contributed by atoms with Crippen molar-refractivity contribution >= 4 is 17.8 Å². The van der Waals surface area contributed by atoms with E-state index in [-0.39, 0.29) is 5.78 Å². The minimum atomic E-state index is -0.414. The molecule has 0 aliphatic carbocycles. The Labute approximate surface area is 152 Å². The van der Waals surface area contributed by atoms with Gasteiger partial charge >= 0.3 is 5.97 Å². The monoisotopic (exact) mass is 342 g/mol. The maximum Gasteiger partial charge on any atom is 0.343 e. The summed E-state index contributed by atoms with van der Waals surface area (Å²) >= 11 is 0. The summed E-state index contributed by atoms with van der Waals surface area (Å²) in [6.07, 6.45) is 3.23. The summed E-state index contributed by atoms with van der Waals surface area (Å²) in [5.74, 6) is -0.0528. The van der Waals surface area contributed by atoms with Gasteiger partial charge in [0.05, 0.1) is 5.56 Å². The van der Waals surface area contributed by atoms with Crippen molar-refractivity contribution in [2.24, 2.45) is 0 Å². The summed E-state index contributed by atoms with van der Waals surface area (Å²) in [5, 5.41) is 0. The first-order chi connectivity index (χ1) is 12.6. The van der Waals surface area contributed by atoms with Crippen molar-refractivity contribution < 1.29 is 14.3 Å². The predicted molar refractivity (Wildman–Crippen MR) is 102 cm³/mol. The predicted octanol–water partition coefficient (Wildman–Crippen LogP) is 5.11. The Balaban J connectivity index is 1.70. The van der Waals surface area contributed by atoms with E-state index in [9.17, 15) is 9.59 Å². The molecule has 3 aromatic rings. The third-order valence-electron chi connectivity index (χ3n) is 3.84. The van der Waals surface area contributed by atoms with Crippen LogP contribution in [0.25, 0.3) is 6.08 Å². The lowest BCUT2D eigenvalue weighted by atomic mass is 10.1. The minimum Gasteiger partial charge on any atom is -0.423 e. The average molecular weight is 342 g/mol. The largest absolute Gasteiger partial charge is 0.423 e. The van der Waals surface area contributed by atoms with E-state index in [2.05, 4.69) is 0 Å². The Morgan fingerprint density at radius 1 is 0.808 bits per heavy atom. The van der Waals surface area contributed by atoms with E-state index < -0.39 is 5.97 Å². The number of hydrogen-bond donors (Lipinski definition) is 0. The zero-order valence-electron chi connectivity index (χ0n) is 14.4. The molecule has 0 saturated carbocycles. The minimum absolute atomic E-state index is 0.0725. The molecule has 3 aromatic carbocycles. The number of ether oxygens (including phenoxy) is 1. The maximum atomic E-state index is 12.2. The molecule has 0 aliphatic rings. The van der Waals surface area contributed by atoms with E-state index in [4.69, 9.17) is 4.74 Å². The normalized spacial score (nSPS) is 10.7. The van der Waals surface area contributed by atoms with E-state index >= 15 is 0 Å². The van der Waals surface area contributed by atoms with Crippen LogP contribution in [0.1, 0.15) is 31.8 Å². The molecule has 128 valence electrons. The number of carbonyl (C=O) groups is 2. The molecule has 0 fully saturated rings. The van der Waals surface area contributed by atoms with Gasteiger partial charge in [-0.15, -0.1) is 0 Å². The molecule has 3 heteroatoms.